The highest BCUT2D eigenvalue weighted by Gasteiger charge is 2.19. The van der Waals surface area contributed by atoms with Gasteiger partial charge in [-0.3, -0.25) is 0 Å². The van der Waals surface area contributed by atoms with Gasteiger partial charge in [-0.15, -0.1) is 0 Å². The molecular formula is C13H10BrClFNO2S. The third-order valence-electron chi connectivity index (χ3n) is 2.65. The quantitative estimate of drug-likeness (QED) is 0.827. The van der Waals surface area contributed by atoms with Gasteiger partial charge >= 0.3 is 0 Å². The van der Waals surface area contributed by atoms with E-state index in [2.05, 4.69) is 15.9 Å². The van der Waals surface area contributed by atoms with Gasteiger partial charge in [-0.05, 0) is 51.8 Å². The van der Waals surface area contributed by atoms with E-state index in [0.717, 1.165) is 0 Å². The average Bonchev–Trinajstić information content (AvgIpc) is 2.33. The molecule has 0 fully saturated rings. The summed E-state index contributed by atoms with van der Waals surface area (Å²) in [6, 6.07) is 8.27. The van der Waals surface area contributed by atoms with Crippen LogP contribution >= 0.6 is 27.5 Å². The minimum Gasteiger partial charge on any atom is -0.398 e. The van der Waals surface area contributed by atoms with E-state index in [0.29, 0.717) is 10.6 Å². The Kier molecular flexibility index (Phi) is 4.36. The Morgan fingerprint density at radius 3 is 2.50 bits per heavy atom. The lowest BCUT2D eigenvalue weighted by atomic mass is 10.2. The smallest absolute Gasteiger partial charge is 0.184 e. The van der Waals surface area contributed by atoms with Gasteiger partial charge in [0.25, 0.3) is 0 Å². The third-order valence-corrected chi connectivity index (χ3v) is 5.25. The highest BCUT2D eigenvalue weighted by Crippen LogP contribution is 2.26. The molecule has 0 radical (unpaired) electrons. The van der Waals surface area contributed by atoms with Crippen LogP contribution in [0, 0.1) is 5.82 Å². The summed E-state index contributed by atoms with van der Waals surface area (Å²) in [6.45, 7) is 0. The molecule has 0 bridgehead atoms. The molecule has 2 N–H and O–H groups in total. The summed E-state index contributed by atoms with van der Waals surface area (Å²) in [7, 11) is -3.62. The second-order valence-electron chi connectivity index (χ2n) is 4.19. The summed E-state index contributed by atoms with van der Waals surface area (Å²) in [5.74, 6) is -0.713. The fraction of sp³-hybridized carbons (Fsp3) is 0.0769. The largest absolute Gasteiger partial charge is 0.398 e. The van der Waals surface area contributed by atoms with Crippen LogP contribution in [0.2, 0.25) is 5.02 Å². The average molecular weight is 379 g/mol. The van der Waals surface area contributed by atoms with Crippen LogP contribution in [-0.4, -0.2) is 8.42 Å². The summed E-state index contributed by atoms with van der Waals surface area (Å²) < 4.78 is 37.9. The zero-order valence-corrected chi connectivity index (χ0v) is 13.3. The van der Waals surface area contributed by atoms with Crippen molar-refractivity contribution in [2.24, 2.45) is 0 Å². The molecule has 2 rings (SSSR count). The maximum Gasteiger partial charge on any atom is 0.184 e. The third kappa shape index (κ3) is 3.31. The molecule has 0 aliphatic heterocycles. The van der Waals surface area contributed by atoms with E-state index in [9.17, 15) is 12.8 Å². The monoisotopic (exact) mass is 377 g/mol. The van der Waals surface area contributed by atoms with Gasteiger partial charge in [0.15, 0.2) is 9.84 Å². The normalized spacial score (nSPS) is 11.6. The lowest BCUT2D eigenvalue weighted by Gasteiger charge is -2.08. The van der Waals surface area contributed by atoms with Crippen molar-refractivity contribution in [2.45, 2.75) is 10.6 Å². The number of anilines is 1. The first-order valence-corrected chi connectivity index (χ1v) is 8.33. The summed E-state index contributed by atoms with van der Waals surface area (Å²) in [6.07, 6.45) is 0. The summed E-state index contributed by atoms with van der Waals surface area (Å²) in [5, 5.41) is 0.367. The van der Waals surface area contributed by atoms with E-state index in [-0.39, 0.29) is 20.8 Å². The molecule has 7 heteroatoms. The Morgan fingerprint density at radius 1 is 1.20 bits per heavy atom. The lowest BCUT2D eigenvalue weighted by Crippen LogP contribution is -2.08. The summed E-state index contributed by atoms with van der Waals surface area (Å²) >= 11 is 8.76. The standard InChI is InChI=1S/C13H10BrClFNO2S/c14-10-5-8(1-3-11(10)16)7-20(18,19)13-4-2-9(15)6-12(13)17/h1-6H,7,17H2. The fourth-order valence-electron chi connectivity index (χ4n) is 1.73. The first kappa shape index (κ1) is 15.3. The van der Waals surface area contributed by atoms with Gasteiger partial charge in [-0.2, -0.15) is 0 Å². The minimum atomic E-state index is -3.62. The van der Waals surface area contributed by atoms with E-state index < -0.39 is 15.7 Å². The lowest BCUT2D eigenvalue weighted by molar-refractivity contribution is 0.595. The van der Waals surface area contributed by atoms with Gasteiger partial charge in [-0.1, -0.05) is 17.7 Å². The van der Waals surface area contributed by atoms with E-state index in [1.54, 1.807) is 0 Å². The predicted octanol–water partition coefficient (Wildman–Crippen LogP) is 3.80. The first-order chi connectivity index (χ1) is 9.29. The zero-order chi connectivity index (χ0) is 14.9. The highest BCUT2D eigenvalue weighted by molar-refractivity contribution is 9.10. The van der Waals surface area contributed by atoms with Gasteiger partial charge in [0.2, 0.25) is 0 Å². The van der Waals surface area contributed by atoms with Crippen molar-refractivity contribution in [1.29, 1.82) is 0 Å². The molecule has 2 aromatic rings. The summed E-state index contributed by atoms with van der Waals surface area (Å²) in [5.41, 5.74) is 6.24. The van der Waals surface area contributed by atoms with Crippen LogP contribution < -0.4 is 5.73 Å². The van der Waals surface area contributed by atoms with Crippen molar-refractivity contribution in [3.8, 4) is 0 Å². The van der Waals surface area contributed by atoms with E-state index in [1.807, 2.05) is 0 Å². The number of hydrogen-bond acceptors (Lipinski definition) is 3. The highest BCUT2D eigenvalue weighted by atomic mass is 79.9. The molecule has 2 aromatic carbocycles. The number of rotatable bonds is 3. The van der Waals surface area contributed by atoms with Crippen molar-refractivity contribution in [3.05, 3.63) is 57.3 Å². The Hall–Kier alpha value is -1.11. The van der Waals surface area contributed by atoms with Gasteiger partial charge < -0.3 is 5.73 Å². The molecule has 0 aromatic heterocycles. The Labute approximate surface area is 129 Å². The van der Waals surface area contributed by atoms with Gasteiger partial charge in [0, 0.05) is 5.02 Å². The van der Waals surface area contributed by atoms with Crippen LogP contribution in [0.3, 0.4) is 0 Å². The van der Waals surface area contributed by atoms with Crippen LogP contribution in [0.4, 0.5) is 10.1 Å². The first-order valence-electron chi connectivity index (χ1n) is 5.51. The van der Waals surface area contributed by atoms with Crippen LogP contribution in [-0.2, 0) is 15.6 Å². The number of hydrogen-bond donors (Lipinski definition) is 1. The molecule has 0 aliphatic rings. The second-order valence-corrected chi connectivity index (χ2v) is 7.44. The molecule has 106 valence electrons. The molecular weight excluding hydrogens is 369 g/mol. The van der Waals surface area contributed by atoms with Crippen molar-refractivity contribution in [1.82, 2.24) is 0 Å². The molecule has 0 spiro atoms. The van der Waals surface area contributed by atoms with Crippen molar-refractivity contribution < 1.29 is 12.8 Å². The molecule has 0 saturated carbocycles. The predicted molar refractivity (Wildman–Crippen MR) is 80.9 cm³/mol. The molecule has 0 heterocycles. The van der Waals surface area contributed by atoms with Gasteiger partial charge in [0.05, 0.1) is 20.8 Å². The molecule has 0 aliphatic carbocycles. The van der Waals surface area contributed by atoms with Crippen LogP contribution in [0.15, 0.2) is 45.8 Å². The van der Waals surface area contributed by atoms with Crippen molar-refractivity contribution >= 4 is 43.1 Å². The van der Waals surface area contributed by atoms with Crippen molar-refractivity contribution in [2.75, 3.05) is 5.73 Å². The number of benzene rings is 2. The number of nitrogen functional groups attached to an aromatic ring is 1. The van der Waals surface area contributed by atoms with E-state index in [1.165, 1.54) is 36.4 Å². The second kappa shape index (κ2) is 5.71. The molecule has 3 nitrogen and oxygen atoms in total. The number of halogens is 3. The fourth-order valence-corrected chi connectivity index (χ4v) is 3.80. The van der Waals surface area contributed by atoms with E-state index in [4.69, 9.17) is 17.3 Å². The maximum absolute atomic E-state index is 13.1. The molecule has 20 heavy (non-hydrogen) atoms. The van der Waals surface area contributed by atoms with Gasteiger partial charge in [0.1, 0.15) is 5.82 Å². The van der Waals surface area contributed by atoms with Gasteiger partial charge in [-0.25, -0.2) is 12.8 Å². The molecule has 0 amide bonds. The minimum absolute atomic E-state index is 0.0161. The molecule has 0 atom stereocenters. The van der Waals surface area contributed by atoms with Crippen LogP contribution in [0.1, 0.15) is 5.56 Å². The van der Waals surface area contributed by atoms with Crippen molar-refractivity contribution in [3.63, 3.8) is 0 Å². The topological polar surface area (TPSA) is 60.2 Å². The zero-order valence-electron chi connectivity index (χ0n) is 10.1. The Morgan fingerprint density at radius 2 is 1.90 bits per heavy atom. The number of sulfone groups is 1. The molecule has 0 unspecified atom stereocenters. The molecule has 0 saturated heterocycles. The SMILES string of the molecule is Nc1cc(Cl)ccc1S(=O)(=O)Cc1ccc(F)c(Br)c1. The van der Waals surface area contributed by atoms with Crippen LogP contribution in [0.5, 0.6) is 0 Å². The maximum atomic E-state index is 13.1. The summed E-state index contributed by atoms with van der Waals surface area (Å²) in [4.78, 5) is 0.0161. The Bertz CT molecular complexity index is 765. The van der Waals surface area contributed by atoms with Crippen LogP contribution in [0.25, 0.3) is 0 Å². The number of nitrogens with two attached hydrogens (primary N) is 1. The van der Waals surface area contributed by atoms with E-state index >= 15 is 0 Å². The Balaban J connectivity index is 2.38.